The van der Waals surface area contributed by atoms with Gasteiger partial charge in [-0.3, -0.25) is 4.79 Å². The van der Waals surface area contributed by atoms with Crippen molar-refractivity contribution < 1.29 is 9.53 Å². The summed E-state index contributed by atoms with van der Waals surface area (Å²) in [6.45, 7) is 7.60. The molecule has 8 heteroatoms. The van der Waals surface area contributed by atoms with Crippen molar-refractivity contribution in [3.8, 4) is 22.7 Å². The number of aromatic nitrogens is 2. The topological polar surface area (TPSA) is 59.4 Å². The Morgan fingerprint density at radius 1 is 1.15 bits per heavy atom. The zero-order valence-corrected chi connectivity index (χ0v) is 20.8. The van der Waals surface area contributed by atoms with Crippen molar-refractivity contribution in [2.75, 3.05) is 33.3 Å². The van der Waals surface area contributed by atoms with E-state index in [1.165, 1.54) is 5.56 Å². The highest BCUT2D eigenvalue weighted by atomic mass is 35.5. The molecule has 1 aliphatic rings. The Labute approximate surface area is 206 Å². The molecule has 0 radical (unpaired) electrons. The molecule has 3 aromatic rings. The number of hydrogen-bond donors (Lipinski definition) is 1. The molecule has 0 bridgehead atoms. The van der Waals surface area contributed by atoms with Gasteiger partial charge in [0.25, 0.3) is 5.91 Å². The first-order valence-corrected chi connectivity index (χ1v) is 11.5. The number of ether oxygens (including phenoxy) is 1. The molecule has 1 aromatic heterocycles. The molecule has 0 saturated carbocycles. The van der Waals surface area contributed by atoms with Crippen LogP contribution in [0.2, 0.25) is 5.02 Å². The van der Waals surface area contributed by atoms with Crippen LogP contribution in [0.3, 0.4) is 0 Å². The highest BCUT2D eigenvalue weighted by molar-refractivity contribution is 6.30. The van der Waals surface area contributed by atoms with E-state index < -0.39 is 0 Å². The van der Waals surface area contributed by atoms with Gasteiger partial charge in [0.15, 0.2) is 5.69 Å². The first-order valence-electron chi connectivity index (χ1n) is 11.1. The first kappa shape index (κ1) is 25.1. The number of halogens is 2. The van der Waals surface area contributed by atoms with Gasteiger partial charge in [-0.05, 0) is 74.0 Å². The van der Waals surface area contributed by atoms with Crippen LogP contribution >= 0.6 is 24.0 Å². The minimum atomic E-state index is -0.127. The summed E-state index contributed by atoms with van der Waals surface area (Å²) in [4.78, 5) is 15.4. The molecule has 1 aliphatic carbocycles. The maximum atomic E-state index is 13.1. The van der Waals surface area contributed by atoms with Gasteiger partial charge in [0.05, 0.1) is 18.5 Å². The van der Waals surface area contributed by atoms with Gasteiger partial charge >= 0.3 is 0 Å². The smallest absolute Gasteiger partial charge is 0.272 e. The van der Waals surface area contributed by atoms with Crippen LogP contribution in [-0.4, -0.2) is 53.9 Å². The Bertz CT molecular complexity index is 1110. The van der Waals surface area contributed by atoms with Crippen molar-refractivity contribution in [1.29, 1.82) is 0 Å². The highest BCUT2D eigenvalue weighted by Gasteiger charge is 2.29. The average Bonchev–Trinajstić information content (AvgIpc) is 3.22. The number of nitrogens with one attached hydrogen (secondary N) is 1. The number of fused-ring (bicyclic) bond motifs is 3. The van der Waals surface area contributed by atoms with Gasteiger partial charge in [0.1, 0.15) is 5.75 Å². The number of likely N-dealkylation sites (N-methyl/N-ethyl adjacent to an activating group) is 1. The van der Waals surface area contributed by atoms with E-state index in [9.17, 15) is 4.79 Å². The SMILES string of the molecule is CCN(CC)CCNC(=O)c1nn(-c2ccc(Cl)cc2)c2c1CCc1cc(OC)ccc1-2.Cl. The minimum Gasteiger partial charge on any atom is -0.497 e. The fraction of sp³-hybridized carbons (Fsp3) is 0.360. The number of nitrogens with zero attached hydrogens (tertiary/aromatic N) is 3. The van der Waals surface area contributed by atoms with Crippen molar-refractivity contribution >= 4 is 29.9 Å². The molecule has 2 aromatic carbocycles. The second-order valence-corrected chi connectivity index (χ2v) is 8.31. The lowest BCUT2D eigenvalue weighted by Gasteiger charge is -2.20. The van der Waals surface area contributed by atoms with Gasteiger partial charge < -0.3 is 15.0 Å². The maximum Gasteiger partial charge on any atom is 0.272 e. The van der Waals surface area contributed by atoms with Crippen molar-refractivity contribution in [3.63, 3.8) is 0 Å². The van der Waals surface area contributed by atoms with Gasteiger partial charge in [0, 0.05) is 29.2 Å². The van der Waals surface area contributed by atoms with Crippen molar-refractivity contribution in [3.05, 3.63) is 64.3 Å². The van der Waals surface area contributed by atoms with E-state index in [0.29, 0.717) is 17.3 Å². The zero-order chi connectivity index (χ0) is 22.7. The Morgan fingerprint density at radius 3 is 2.55 bits per heavy atom. The lowest BCUT2D eigenvalue weighted by Crippen LogP contribution is -2.35. The van der Waals surface area contributed by atoms with Crippen LogP contribution < -0.4 is 10.1 Å². The molecular weight excluding hydrogens is 459 g/mol. The molecule has 0 saturated heterocycles. The number of benzene rings is 2. The first-order chi connectivity index (χ1) is 15.5. The highest BCUT2D eigenvalue weighted by Crippen LogP contribution is 2.38. The molecule has 33 heavy (non-hydrogen) atoms. The summed E-state index contributed by atoms with van der Waals surface area (Å²) in [6.07, 6.45) is 1.59. The monoisotopic (exact) mass is 488 g/mol. The van der Waals surface area contributed by atoms with Crippen LogP contribution in [0.1, 0.15) is 35.5 Å². The van der Waals surface area contributed by atoms with Crippen molar-refractivity contribution in [2.24, 2.45) is 0 Å². The van der Waals surface area contributed by atoms with E-state index in [1.54, 1.807) is 7.11 Å². The fourth-order valence-corrected chi connectivity index (χ4v) is 4.39. The van der Waals surface area contributed by atoms with Gasteiger partial charge in [-0.2, -0.15) is 5.10 Å². The lowest BCUT2D eigenvalue weighted by molar-refractivity contribution is 0.0942. The standard InChI is InChI=1S/C25H29ClN4O2.ClH/c1-4-29(5-2)15-14-27-25(31)23-22-12-6-17-16-20(32-3)11-13-21(17)24(22)30(28-23)19-9-7-18(26)8-10-19;/h7-11,13,16H,4-6,12,14-15H2,1-3H3,(H,27,31);1H. The summed E-state index contributed by atoms with van der Waals surface area (Å²) in [5, 5.41) is 8.52. The quantitative estimate of drug-likeness (QED) is 0.494. The maximum absolute atomic E-state index is 13.1. The third-order valence-corrected chi connectivity index (χ3v) is 6.34. The average molecular weight is 489 g/mol. The molecule has 1 N–H and O–H groups in total. The molecule has 1 heterocycles. The van der Waals surface area contributed by atoms with E-state index in [1.807, 2.05) is 35.0 Å². The predicted octanol–water partition coefficient (Wildman–Crippen LogP) is 4.79. The largest absolute Gasteiger partial charge is 0.497 e. The molecule has 1 amide bonds. The zero-order valence-electron chi connectivity index (χ0n) is 19.2. The van der Waals surface area contributed by atoms with Crippen molar-refractivity contribution in [2.45, 2.75) is 26.7 Å². The molecule has 0 atom stereocenters. The molecular formula is C25H30Cl2N4O2. The van der Waals surface area contributed by atoms with Crippen LogP contribution in [0.25, 0.3) is 16.9 Å². The Morgan fingerprint density at radius 2 is 1.88 bits per heavy atom. The van der Waals surface area contributed by atoms with E-state index >= 15 is 0 Å². The third kappa shape index (κ3) is 5.18. The van der Waals surface area contributed by atoms with E-state index in [0.717, 1.165) is 60.7 Å². The molecule has 176 valence electrons. The normalized spacial score (nSPS) is 12.0. The Hall–Kier alpha value is -2.54. The van der Waals surface area contributed by atoms with Crippen LogP contribution in [-0.2, 0) is 12.8 Å². The van der Waals surface area contributed by atoms with E-state index in [-0.39, 0.29) is 18.3 Å². The van der Waals surface area contributed by atoms with E-state index in [2.05, 4.69) is 36.2 Å². The van der Waals surface area contributed by atoms with E-state index in [4.69, 9.17) is 21.4 Å². The summed E-state index contributed by atoms with van der Waals surface area (Å²) in [5.74, 6) is 0.706. The number of hydrogen-bond acceptors (Lipinski definition) is 4. The number of rotatable bonds is 8. The second kappa shape index (κ2) is 11.1. The summed E-state index contributed by atoms with van der Waals surface area (Å²) in [7, 11) is 1.68. The molecule has 0 unspecified atom stereocenters. The molecule has 6 nitrogen and oxygen atoms in total. The third-order valence-electron chi connectivity index (χ3n) is 6.09. The number of aryl methyl sites for hydroxylation is 1. The summed E-state index contributed by atoms with van der Waals surface area (Å²) >= 11 is 6.11. The van der Waals surface area contributed by atoms with Gasteiger partial charge in [-0.1, -0.05) is 25.4 Å². The minimum absolute atomic E-state index is 0. The Balaban J connectivity index is 0.00000306. The summed E-state index contributed by atoms with van der Waals surface area (Å²) < 4.78 is 7.29. The molecule has 0 spiro atoms. The number of carbonyl (C=O) groups excluding carboxylic acids is 1. The van der Waals surface area contributed by atoms with Gasteiger partial charge in [0.2, 0.25) is 0 Å². The molecule has 0 aliphatic heterocycles. The summed E-state index contributed by atoms with van der Waals surface area (Å²) in [5.41, 5.74) is 5.59. The van der Waals surface area contributed by atoms with Gasteiger partial charge in [-0.25, -0.2) is 4.68 Å². The molecule has 4 rings (SSSR count). The number of carbonyl (C=O) groups is 1. The molecule has 0 fully saturated rings. The van der Waals surface area contributed by atoms with Crippen LogP contribution in [0, 0.1) is 0 Å². The number of amides is 1. The predicted molar refractivity (Wildman–Crippen MR) is 135 cm³/mol. The summed E-state index contributed by atoms with van der Waals surface area (Å²) in [6, 6.07) is 13.6. The van der Waals surface area contributed by atoms with Crippen LogP contribution in [0.15, 0.2) is 42.5 Å². The lowest BCUT2D eigenvalue weighted by atomic mass is 9.88. The van der Waals surface area contributed by atoms with Gasteiger partial charge in [-0.15, -0.1) is 12.4 Å². The number of methoxy groups -OCH3 is 1. The van der Waals surface area contributed by atoms with Crippen molar-refractivity contribution in [1.82, 2.24) is 20.0 Å². The van der Waals surface area contributed by atoms with Crippen LogP contribution in [0.4, 0.5) is 0 Å². The fourth-order valence-electron chi connectivity index (χ4n) is 4.26. The Kier molecular flexibility index (Phi) is 8.40. The van der Waals surface area contributed by atoms with Crippen LogP contribution in [0.5, 0.6) is 5.75 Å². The second-order valence-electron chi connectivity index (χ2n) is 7.87.